The Kier molecular flexibility index (Phi) is 4.42. The highest BCUT2D eigenvalue weighted by molar-refractivity contribution is 5.26. The summed E-state index contributed by atoms with van der Waals surface area (Å²) >= 11 is 0. The number of pyridine rings is 1. The highest BCUT2D eigenvalue weighted by Crippen LogP contribution is 2.11. The van der Waals surface area contributed by atoms with Crippen molar-refractivity contribution in [2.24, 2.45) is 0 Å². The van der Waals surface area contributed by atoms with E-state index in [1.807, 2.05) is 12.4 Å². The molecule has 0 amide bonds. The molecule has 0 fully saturated rings. The van der Waals surface area contributed by atoms with Crippen LogP contribution in [0.4, 0.5) is 0 Å². The van der Waals surface area contributed by atoms with Crippen molar-refractivity contribution >= 4 is 0 Å². The Morgan fingerprint density at radius 2 is 2.00 bits per heavy atom. The smallest absolute Gasteiger partial charge is 1.00 e. The molecular formula is C7H10Cl2N2. The first kappa shape index (κ1) is 10.7. The van der Waals surface area contributed by atoms with E-state index in [0.29, 0.717) is 0 Å². The average Bonchev–Trinajstić information content (AvgIpc) is 2.33. The number of hydrogen-bond acceptors (Lipinski definition) is 2. The number of halogens is 2. The van der Waals surface area contributed by atoms with Gasteiger partial charge in [0, 0.05) is 25.5 Å². The average molecular weight is 193 g/mol. The topological polar surface area (TPSA) is 24.9 Å². The second-order valence-corrected chi connectivity index (χ2v) is 2.25. The van der Waals surface area contributed by atoms with Crippen molar-refractivity contribution < 1.29 is 27.7 Å². The van der Waals surface area contributed by atoms with Crippen LogP contribution in [0.1, 0.15) is 14.0 Å². The Balaban J connectivity index is -0.000000250. The summed E-state index contributed by atoms with van der Waals surface area (Å²) in [5.41, 5.74) is 2.74. The highest BCUT2D eigenvalue weighted by atomic mass is 35.5. The van der Waals surface area contributed by atoms with E-state index in [0.717, 1.165) is 13.1 Å². The van der Waals surface area contributed by atoms with E-state index in [1.54, 1.807) is 0 Å². The maximum atomic E-state index is 4.02. The maximum Gasteiger partial charge on any atom is 1.00 e. The van der Waals surface area contributed by atoms with E-state index in [9.17, 15) is 0 Å². The summed E-state index contributed by atoms with van der Waals surface area (Å²) in [4.78, 5) is 4.02. The zero-order chi connectivity index (χ0) is 6.10. The van der Waals surface area contributed by atoms with Gasteiger partial charge >= 0.3 is 2.85 Å². The molecule has 1 aliphatic rings. The minimum absolute atomic E-state index is 0. The SMILES string of the molecule is [Cl-].[Cl-].[H+].[H+].c1cc2c(cn1)CNC2. The summed E-state index contributed by atoms with van der Waals surface area (Å²) in [6.45, 7) is 2.00. The fraction of sp³-hybridized carbons (Fsp3) is 0.286. The molecule has 2 heterocycles. The third kappa shape index (κ3) is 2.06. The quantitative estimate of drug-likeness (QED) is 0.446. The van der Waals surface area contributed by atoms with E-state index < -0.39 is 0 Å². The number of nitrogens with one attached hydrogen (secondary N) is 1. The third-order valence-electron chi connectivity index (χ3n) is 1.64. The monoisotopic (exact) mass is 192 g/mol. The summed E-state index contributed by atoms with van der Waals surface area (Å²) in [6.07, 6.45) is 3.77. The van der Waals surface area contributed by atoms with Gasteiger partial charge in [-0.05, 0) is 17.2 Å². The van der Waals surface area contributed by atoms with Gasteiger partial charge in [-0.25, -0.2) is 0 Å². The lowest BCUT2D eigenvalue weighted by molar-refractivity contribution is -0.001000. The normalized spacial score (nSPS) is 12.7. The molecule has 0 bridgehead atoms. The summed E-state index contributed by atoms with van der Waals surface area (Å²) in [7, 11) is 0. The molecule has 62 valence electrons. The van der Waals surface area contributed by atoms with Crippen molar-refractivity contribution in [3.05, 3.63) is 29.6 Å². The molecule has 0 spiro atoms. The van der Waals surface area contributed by atoms with Crippen molar-refractivity contribution in [3.8, 4) is 0 Å². The van der Waals surface area contributed by atoms with Crippen molar-refractivity contribution in [1.29, 1.82) is 0 Å². The van der Waals surface area contributed by atoms with E-state index in [1.165, 1.54) is 11.1 Å². The first-order valence-electron chi connectivity index (χ1n) is 3.09. The van der Waals surface area contributed by atoms with Crippen LogP contribution in [0.5, 0.6) is 0 Å². The Labute approximate surface area is 81.2 Å². The lowest BCUT2D eigenvalue weighted by Crippen LogP contribution is -3.00. The van der Waals surface area contributed by atoms with Crippen molar-refractivity contribution in [3.63, 3.8) is 0 Å². The zero-order valence-electron chi connectivity index (χ0n) is 7.85. The Hall–Kier alpha value is -0.310. The van der Waals surface area contributed by atoms with Gasteiger partial charge in [0.2, 0.25) is 0 Å². The van der Waals surface area contributed by atoms with Gasteiger partial charge in [-0.3, -0.25) is 4.98 Å². The number of aromatic nitrogens is 1. The number of fused-ring (bicyclic) bond motifs is 1. The third-order valence-corrected chi connectivity index (χ3v) is 1.64. The standard InChI is InChI=1S/C7H8N2.2ClH/c1-2-8-4-7-5-9-3-6(1)7;;/h1-2,4,9H,3,5H2;2*1H. The molecule has 0 aliphatic carbocycles. The van der Waals surface area contributed by atoms with Crippen LogP contribution >= 0.6 is 0 Å². The van der Waals surface area contributed by atoms with Crippen molar-refractivity contribution in [2.45, 2.75) is 13.1 Å². The van der Waals surface area contributed by atoms with Crippen LogP contribution in [0.25, 0.3) is 0 Å². The molecule has 0 unspecified atom stereocenters. The predicted octanol–water partition coefficient (Wildman–Crippen LogP) is -5.08. The maximum absolute atomic E-state index is 4.02. The van der Waals surface area contributed by atoms with Crippen molar-refractivity contribution in [1.82, 2.24) is 10.3 Å². The fourth-order valence-corrected chi connectivity index (χ4v) is 1.12. The molecule has 1 aromatic rings. The van der Waals surface area contributed by atoms with Gasteiger partial charge in [-0.2, -0.15) is 0 Å². The summed E-state index contributed by atoms with van der Waals surface area (Å²) in [5, 5.41) is 3.25. The lowest BCUT2D eigenvalue weighted by atomic mass is 10.2. The Morgan fingerprint density at radius 1 is 1.27 bits per heavy atom. The number of nitrogens with zero attached hydrogens (tertiary/aromatic N) is 1. The number of hydrogen-bond donors (Lipinski definition) is 1. The van der Waals surface area contributed by atoms with Gasteiger partial charge in [-0.15, -0.1) is 0 Å². The van der Waals surface area contributed by atoms with Crippen LogP contribution < -0.4 is 30.1 Å². The van der Waals surface area contributed by atoms with Gasteiger partial charge in [0.1, 0.15) is 0 Å². The molecule has 0 saturated heterocycles. The molecule has 2 nitrogen and oxygen atoms in total. The first-order chi connectivity index (χ1) is 4.47. The molecule has 1 aromatic heterocycles. The molecule has 2 rings (SSSR count). The van der Waals surface area contributed by atoms with Gasteiger partial charge in [0.15, 0.2) is 0 Å². The second-order valence-electron chi connectivity index (χ2n) is 2.25. The highest BCUT2D eigenvalue weighted by Gasteiger charge is 2.06. The van der Waals surface area contributed by atoms with E-state index in [2.05, 4.69) is 16.4 Å². The van der Waals surface area contributed by atoms with Crippen LogP contribution in [-0.2, 0) is 13.1 Å². The van der Waals surface area contributed by atoms with Crippen LogP contribution in [0.2, 0.25) is 0 Å². The molecule has 0 radical (unpaired) electrons. The minimum Gasteiger partial charge on any atom is -1.00 e. The van der Waals surface area contributed by atoms with E-state index in [-0.39, 0.29) is 27.7 Å². The largest absolute Gasteiger partial charge is 1.00 e. The lowest BCUT2D eigenvalue weighted by Gasteiger charge is -1.90. The van der Waals surface area contributed by atoms with Crippen LogP contribution in [-0.4, -0.2) is 4.98 Å². The summed E-state index contributed by atoms with van der Waals surface area (Å²) in [5.74, 6) is 0. The van der Waals surface area contributed by atoms with Crippen LogP contribution in [0.15, 0.2) is 18.5 Å². The molecule has 0 aromatic carbocycles. The Morgan fingerprint density at radius 3 is 2.73 bits per heavy atom. The van der Waals surface area contributed by atoms with E-state index in [4.69, 9.17) is 0 Å². The number of rotatable bonds is 0. The molecule has 4 heteroatoms. The van der Waals surface area contributed by atoms with Gasteiger partial charge < -0.3 is 30.1 Å². The summed E-state index contributed by atoms with van der Waals surface area (Å²) in [6, 6.07) is 2.06. The van der Waals surface area contributed by atoms with Crippen LogP contribution in [0, 0.1) is 0 Å². The molecule has 0 atom stereocenters. The first-order valence-corrected chi connectivity index (χ1v) is 3.09. The zero-order valence-corrected chi connectivity index (χ0v) is 7.36. The van der Waals surface area contributed by atoms with Gasteiger partial charge in [-0.1, -0.05) is 0 Å². The molecule has 11 heavy (non-hydrogen) atoms. The molecule has 1 aliphatic heterocycles. The van der Waals surface area contributed by atoms with Crippen molar-refractivity contribution in [2.75, 3.05) is 0 Å². The fourth-order valence-electron chi connectivity index (χ4n) is 1.12. The molecular weight excluding hydrogens is 183 g/mol. The molecule has 1 N–H and O–H groups in total. The predicted molar refractivity (Wildman–Crippen MR) is 37.0 cm³/mol. The Bertz CT molecular complexity index is 212. The minimum atomic E-state index is 0. The summed E-state index contributed by atoms with van der Waals surface area (Å²) < 4.78 is 0. The second kappa shape index (κ2) is 4.54. The van der Waals surface area contributed by atoms with Gasteiger partial charge in [0.25, 0.3) is 0 Å². The van der Waals surface area contributed by atoms with E-state index >= 15 is 0 Å². The van der Waals surface area contributed by atoms with Crippen LogP contribution in [0.3, 0.4) is 0 Å². The molecule has 0 saturated carbocycles. The van der Waals surface area contributed by atoms with Gasteiger partial charge in [0.05, 0.1) is 0 Å².